The Labute approximate surface area is 96.6 Å². The topological polar surface area (TPSA) is 63.1 Å². The minimum absolute atomic E-state index is 0.0460. The monoisotopic (exact) mass is 234 g/mol. The van der Waals surface area contributed by atoms with E-state index in [0.717, 1.165) is 0 Å². The first kappa shape index (κ1) is 10.6. The Balaban J connectivity index is 2.66. The lowest BCUT2D eigenvalue weighted by molar-refractivity contribution is 0.0698. The third-order valence-corrected chi connectivity index (χ3v) is 2.37. The van der Waals surface area contributed by atoms with Crippen LogP contribution in [0.2, 0.25) is 5.02 Å². The molecule has 0 bridgehead atoms. The van der Waals surface area contributed by atoms with Gasteiger partial charge in [-0.15, -0.1) is 0 Å². The summed E-state index contributed by atoms with van der Waals surface area (Å²) in [5, 5.41) is 9.19. The highest BCUT2D eigenvalue weighted by atomic mass is 35.5. The summed E-state index contributed by atoms with van der Waals surface area (Å²) in [6.07, 6.45) is 5.96. The van der Waals surface area contributed by atoms with Crippen LogP contribution in [-0.4, -0.2) is 21.0 Å². The molecule has 80 valence electrons. The maximum Gasteiger partial charge on any atom is 0.337 e. The number of aromatic carboxylic acids is 1. The number of rotatable bonds is 2. The van der Waals surface area contributed by atoms with Crippen molar-refractivity contribution in [1.29, 1.82) is 0 Å². The van der Waals surface area contributed by atoms with E-state index in [4.69, 9.17) is 16.7 Å². The fourth-order valence-corrected chi connectivity index (χ4v) is 1.63. The summed E-state index contributed by atoms with van der Waals surface area (Å²) in [6, 6.07) is 3.48. The molecule has 0 aromatic carbocycles. The Hall–Kier alpha value is -1.94. The standard InChI is InChI=1S/C11H7ClN2O2/c12-9-6-14-5-8(10(9)11(15)16)7-2-1-3-13-4-7/h1-6H,(H,15,16). The third-order valence-electron chi connectivity index (χ3n) is 2.09. The van der Waals surface area contributed by atoms with Gasteiger partial charge in [0.2, 0.25) is 0 Å². The molecule has 0 aliphatic rings. The fourth-order valence-electron chi connectivity index (χ4n) is 1.39. The normalized spacial score (nSPS) is 10.1. The molecule has 4 nitrogen and oxygen atoms in total. The van der Waals surface area contributed by atoms with E-state index in [1.54, 1.807) is 24.5 Å². The molecule has 2 aromatic rings. The van der Waals surface area contributed by atoms with Gasteiger partial charge in [0.25, 0.3) is 0 Å². The largest absolute Gasteiger partial charge is 0.478 e. The molecule has 1 N–H and O–H groups in total. The van der Waals surface area contributed by atoms with Crippen LogP contribution in [0, 0.1) is 0 Å². The van der Waals surface area contributed by atoms with Gasteiger partial charge in [-0.1, -0.05) is 17.7 Å². The molecule has 0 spiro atoms. The van der Waals surface area contributed by atoms with E-state index in [2.05, 4.69) is 9.97 Å². The molecule has 16 heavy (non-hydrogen) atoms. The Morgan fingerprint density at radius 1 is 1.25 bits per heavy atom. The minimum Gasteiger partial charge on any atom is -0.478 e. The molecule has 0 saturated heterocycles. The van der Waals surface area contributed by atoms with Crippen LogP contribution in [0.1, 0.15) is 10.4 Å². The van der Waals surface area contributed by atoms with Gasteiger partial charge in [-0.3, -0.25) is 9.97 Å². The van der Waals surface area contributed by atoms with Crippen LogP contribution in [0.5, 0.6) is 0 Å². The Morgan fingerprint density at radius 3 is 2.69 bits per heavy atom. The first-order valence-corrected chi connectivity index (χ1v) is 4.85. The van der Waals surface area contributed by atoms with Gasteiger partial charge in [-0.2, -0.15) is 0 Å². The first-order valence-electron chi connectivity index (χ1n) is 4.47. The summed E-state index contributed by atoms with van der Waals surface area (Å²) in [5.41, 5.74) is 1.19. The van der Waals surface area contributed by atoms with E-state index >= 15 is 0 Å². The van der Waals surface area contributed by atoms with Gasteiger partial charge in [-0.25, -0.2) is 4.79 Å². The van der Waals surface area contributed by atoms with E-state index < -0.39 is 5.97 Å². The number of hydrogen-bond acceptors (Lipinski definition) is 3. The number of aromatic nitrogens is 2. The molecule has 0 saturated carbocycles. The second kappa shape index (κ2) is 4.28. The highest BCUT2D eigenvalue weighted by molar-refractivity contribution is 6.34. The van der Waals surface area contributed by atoms with Crippen molar-refractivity contribution in [2.75, 3.05) is 0 Å². The first-order chi connectivity index (χ1) is 7.70. The maximum absolute atomic E-state index is 11.1. The van der Waals surface area contributed by atoms with Gasteiger partial charge < -0.3 is 5.11 Å². The van der Waals surface area contributed by atoms with Crippen LogP contribution in [0.25, 0.3) is 11.1 Å². The highest BCUT2D eigenvalue weighted by Crippen LogP contribution is 2.27. The van der Waals surface area contributed by atoms with E-state index in [9.17, 15) is 4.79 Å². The van der Waals surface area contributed by atoms with Crippen molar-refractivity contribution in [2.24, 2.45) is 0 Å². The number of pyridine rings is 2. The molecule has 2 aromatic heterocycles. The van der Waals surface area contributed by atoms with E-state index in [1.807, 2.05) is 0 Å². The average molecular weight is 235 g/mol. The van der Waals surface area contributed by atoms with Gasteiger partial charge in [-0.05, 0) is 6.07 Å². The molecule has 0 amide bonds. The van der Waals surface area contributed by atoms with Gasteiger partial charge in [0.15, 0.2) is 0 Å². The van der Waals surface area contributed by atoms with Crippen LogP contribution >= 0.6 is 11.6 Å². The zero-order valence-corrected chi connectivity index (χ0v) is 8.85. The third kappa shape index (κ3) is 1.87. The SMILES string of the molecule is O=C(O)c1c(Cl)cncc1-c1cccnc1. The van der Waals surface area contributed by atoms with Crippen molar-refractivity contribution in [3.8, 4) is 11.1 Å². The van der Waals surface area contributed by atoms with E-state index in [0.29, 0.717) is 11.1 Å². The predicted molar refractivity (Wildman–Crippen MR) is 59.4 cm³/mol. The van der Waals surface area contributed by atoms with Crippen molar-refractivity contribution >= 4 is 17.6 Å². The molecule has 0 fully saturated rings. The van der Waals surface area contributed by atoms with Gasteiger partial charge >= 0.3 is 5.97 Å². The van der Waals surface area contributed by atoms with Gasteiger partial charge in [0.1, 0.15) is 0 Å². The number of carboxylic acid groups (broad SMARTS) is 1. The molecule has 0 unspecified atom stereocenters. The number of carbonyl (C=O) groups is 1. The number of nitrogens with zero attached hydrogens (tertiary/aromatic N) is 2. The molecular formula is C11H7ClN2O2. The highest BCUT2D eigenvalue weighted by Gasteiger charge is 2.16. The smallest absolute Gasteiger partial charge is 0.337 e. The molecular weight excluding hydrogens is 228 g/mol. The van der Waals surface area contributed by atoms with Crippen molar-refractivity contribution in [1.82, 2.24) is 9.97 Å². The zero-order valence-electron chi connectivity index (χ0n) is 8.09. The molecule has 2 rings (SSSR count). The second-order valence-corrected chi connectivity index (χ2v) is 3.50. The van der Waals surface area contributed by atoms with Crippen LogP contribution in [-0.2, 0) is 0 Å². The van der Waals surface area contributed by atoms with Crippen LogP contribution in [0.3, 0.4) is 0 Å². The van der Waals surface area contributed by atoms with Crippen LogP contribution in [0.15, 0.2) is 36.9 Å². The molecule has 5 heteroatoms. The molecule has 0 aliphatic carbocycles. The summed E-state index contributed by atoms with van der Waals surface area (Å²) >= 11 is 5.81. The van der Waals surface area contributed by atoms with Gasteiger partial charge in [0.05, 0.1) is 10.6 Å². The van der Waals surface area contributed by atoms with E-state index in [1.165, 1.54) is 12.4 Å². The zero-order chi connectivity index (χ0) is 11.5. The molecule has 0 atom stereocenters. The van der Waals surface area contributed by atoms with Crippen molar-refractivity contribution < 1.29 is 9.90 Å². The van der Waals surface area contributed by atoms with Crippen LogP contribution < -0.4 is 0 Å². The molecule has 0 aliphatic heterocycles. The fraction of sp³-hybridized carbons (Fsp3) is 0. The number of halogens is 1. The van der Waals surface area contributed by atoms with Crippen molar-refractivity contribution in [2.45, 2.75) is 0 Å². The lowest BCUT2D eigenvalue weighted by Gasteiger charge is -2.06. The molecule has 2 heterocycles. The Bertz CT molecular complexity index is 529. The lowest BCUT2D eigenvalue weighted by atomic mass is 10.0. The summed E-state index contributed by atoms with van der Waals surface area (Å²) in [7, 11) is 0. The van der Waals surface area contributed by atoms with Crippen LogP contribution in [0.4, 0.5) is 0 Å². The quantitative estimate of drug-likeness (QED) is 0.867. The molecule has 0 radical (unpaired) electrons. The second-order valence-electron chi connectivity index (χ2n) is 3.09. The summed E-state index contributed by atoms with van der Waals surface area (Å²) in [4.78, 5) is 18.9. The number of carboxylic acids is 1. The number of hydrogen-bond donors (Lipinski definition) is 1. The average Bonchev–Trinajstić information content (AvgIpc) is 2.29. The van der Waals surface area contributed by atoms with Crippen molar-refractivity contribution in [3.05, 3.63) is 47.5 Å². The summed E-state index contributed by atoms with van der Waals surface area (Å²) in [5.74, 6) is -1.08. The summed E-state index contributed by atoms with van der Waals surface area (Å²) < 4.78 is 0. The lowest BCUT2D eigenvalue weighted by Crippen LogP contribution is -2.01. The van der Waals surface area contributed by atoms with Crippen molar-refractivity contribution in [3.63, 3.8) is 0 Å². The minimum atomic E-state index is -1.08. The van der Waals surface area contributed by atoms with Gasteiger partial charge in [0, 0.05) is 35.9 Å². The summed E-state index contributed by atoms with van der Waals surface area (Å²) in [6.45, 7) is 0. The van der Waals surface area contributed by atoms with E-state index in [-0.39, 0.29) is 10.6 Å². The Kier molecular flexibility index (Phi) is 2.83. The predicted octanol–water partition coefficient (Wildman–Crippen LogP) is 2.50. The maximum atomic E-state index is 11.1. The Morgan fingerprint density at radius 2 is 2.06 bits per heavy atom.